The summed E-state index contributed by atoms with van der Waals surface area (Å²) in [5.74, 6) is 0. The molecule has 1 unspecified atom stereocenters. The van der Waals surface area contributed by atoms with Crippen molar-refractivity contribution in [3.63, 3.8) is 0 Å². The van der Waals surface area contributed by atoms with Crippen LogP contribution in [0.5, 0.6) is 0 Å². The van der Waals surface area contributed by atoms with Crippen molar-refractivity contribution in [3.05, 3.63) is 39.9 Å². The van der Waals surface area contributed by atoms with Crippen molar-refractivity contribution in [1.29, 1.82) is 0 Å². The molecule has 1 amide bonds. The maximum atomic E-state index is 13.6. The van der Waals surface area contributed by atoms with Gasteiger partial charge in [0.15, 0.2) is 0 Å². The molecule has 6 nitrogen and oxygen atoms in total. The molecule has 0 heterocycles. The van der Waals surface area contributed by atoms with Crippen LogP contribution >= 0.6 is 0 Å². The van der Waals surface area contributed by atoms with Gasteiger partial charge in [0.2, 0.25) is 6.36 Å². The monoisotopic (exact) mass is 284 g/mol. The van der Waals surface area contributed by atoms with E-state index in [9.17, 15) is 19.3 Å². The molecular formula is C13H17FN2O4. The van der Waals surface area contributed by atoms with Crippen LogP contribution in [0.25, 0.3) is 0 Å². The Morgan fingerprint density at radius 1 is 1.50 bits per heavy atom. The minimum atomic E-state index is -1.86. The second-order valence-electron chi connectivity index (χ2n) is 5.32. The fourth-order valence-electron chi connectivity index (χ4n) is 1.48. The van der Waals surface area contributed by atoms with Gasteiger partial charge in [-0.05, 0) is 26.3 Å². The molecule has 7 heteroatoms. The van der Waals surface area contributed by atoms with E-state index in [1.165, 1.54) is 24.3 Å². The van der Waals surface area contributed by atoms with E-state index in [-0.39, 0.29) is 12.1 Å². The van der Waals surface area contributed by atoms with Crippen LogP contribution in [0, 0.1) is 10.1 Å². The maximum absolute atomic E-state index is 13.6. The Bertz CT molecular complexity index is 499. The summed E-state index contributed by atoms with van der Waals surface area (Å²) < 4.78 is 18.1. The van der Waals surface area contributed by atoms with E-state index < -0.39 is 22.9 Å². The molecule has 20 heavy (non-hydrogen) atoms. The third-order valence-electron chi connectivity index (χ3n) is 2.23. The van der Waals surface area contributed by atoms with Crippen molar-refractivity contribution >= 4 is 11.8 Å². The molecule has 0 aliphatic carbocycles. The van der Waals surface area contributed by atoms with Crippen LogP contribution in [0.15, 0.2) is 24.3 Å². The first kappa shape index (κ1) is 15.9. The molecule has 0 saturated carbocycles. The molecular weight excluding hydrogens is 267 g/mol. The molecule has 1 aromatic carbocycles. The smallest absolute Gasteiger partial charge is 0.410 e. The quantitative estimate of drug-likeness (QED) is 0.680. The van der Waals surface area contributed by atoms with Crippen molar-refractivity contribution < 1.29 is 18.8 Å². The number of non-ortho nitro benzene ring substituents is 1. The zero-order chi connectivity index (χ0) is 15.3. The zero-order valence-corrected chi connectivity index (χ0v) is 11.6. The van der Waals surface area contributed by atoms with Gasteiger partial charge in [-0.25, -0.2) is 9.18 Å². The van der Waals surface area contributed by atoms with Crippen molar-refractivity contribution in [2.75, 3.05) is 0 Å². The van der Waals surface area contributed by atoms with Gasteiger partial charge in [-0.3, -0.25) is 10.1 Å². The molecule has 1 atom stereocenters. The number of rotatable bonds is 4. The van der Waals surface area contributed by atoms with Crippen LogP contribution in [-0.4, -0.2) is 22.9 Å². The number of ether oxygens (including phenoxy) is 1. The number of carbonyl (C=O) groups excluding carboxylic acids is 1. The Balaban J connectivity index is 2.58. The number of nitro groups is 1. The first-order chi connectivity index (χ1) is 9.17. The van der Waals surface area contributed by atoms with Gasteiger partial charge in [0.25, 0.3) is 5.69 Å². The molecule has 0 bridgehead atoms. The summed E-state index contributed by atoms with van der Waals surface area (Å²) in [7, 11) is 0. The van der Waals surface area contributed by atoms with Crippen LogP contribution in [-0.2, 0) is 11.2 Å². The molecule has 0 radical (unpaired) electrons. The minimum absolute atomic E-state index is 0.131. The van der Waals surface area contributed by atoms with Gasteiger partial charge in [0, 0.05) is 24.1 Å². The van der Waals surface area contributed by atoms with Gasteiger partial charge in [-0.1, -0.05) is 12.1 Å². The van der Waals surface area contributed by atoms with Crippen molar-refractivity contribution in [3.8, 4) is 0 Å². The number of amides is 1. The highest BCUT2D eigenvalue weighted by atomic mass is 19.1. The van der Waals surface area contributed by atoms with E-state index in [0.29, 0.717) is 5.56 Å². The Labute approximate surface area is 116 Å². The summed E-state index contributed by atoms with van der Waals surface area (Å²) in [6, 6.07) is 5.54. The lowest BCUT2D eigenvalue weighted by atomic mass is 10.1. The average molecular weight is 284 g/mol. The second kappa shape index (κ2) is 6.31. The van der Waals surface area contributed by atoms with E-state index in [4.69, 9.17) is 0 Å². The molecule has 0 aliphatic heterocycles. The standard InChI is InChI=1S/C13H17FN2O4/c1-13(2,3)15-12(17)20-11(14)8-9-5-4-6-10(7-9)16(18)19/h4-7,11H,8H2,1-3H3,(H,15,17). The molecule has 0 saturated heterocycles. The first-order valence-electron chi connectivity index (χ1n) is 6.03. The highest BCUT2D eigenvalue weighted by molar-refractivity contribution is 5.68. The molecule has 1 aromatic rings. The highest BCUT2D eigenvalue weighted by Gasteiger charge is 2.19. The largest absolute Gasteiger partial charge is 0.415 e. The molecule has 0 fully saturated rings. The fraction of sp³-hybridized carbons (Fsp3) is 0.462. The van der Waals surface area contributed by atoms with E-state index in [2.05, 4.69) is 10.1 Å². The molecule has 1 N–H and O–H groups in total. The average Bonchev–Trinajstić information content (AvgIpc) is 2.25. The zero-order valence-electron chi connectivity index (χ0n) is 11.6. The third kappa shape index (κ3) is 5.64. The Morgan fingerprint density at radius 3 is 2.70 bits per heavy atom. The first-order valence-corrected chi connectivity index (χ1v) is 6.03. The van der Waals surface area contributed by atoms with Gasteiger partial charge >= 0.3 is 6.09 Å². The summed E-state index contributed by atoms with van der Waals surface area (Å²) in [6.45, 7) is 5.21. The number of hydrogen-bond donors (Lipinski definition) is 1. The summed E-state index contributed by atoms with van der Waals surface area (Å²) in [5, 5.41) is 13.0. The predicted molar refractivity (Wildman–Crippen MR) is 71.1 cm³/mol. The number of hydrogen-bond acceptors (Lipinski definition) is 4. The predicted octanol–water partition coefficient (Wildman–Crippen LogP) is 2.96. The molecule has 1 rings (SSSR count). The Hall–Kier alpha value is -2.18. The lowest BCUT2D eigenvalue weighted by molar-refractivity contribution is -0.384. The van der Waals surface area contributed by atoms with Crippen molar-refractivity contribution in [2.24, 2.45) is 0 Å². The van der Waals surface area contributed by atoms with Crippen LogP contribution in [0.3, 0.4) is 0 Å². The van der Waals surface area contributed by atoms with Crippen LogP contribution in [0.1, 0.15) is 26.3 Å². The summed E-state index contributed by atoms with van der Waals surface area (Å²) >= 11 is 0. The van der Waals surface area contributed by atoms with E-state index in [1.54, 1.807) is 20.8 Å². The molecule has 110 valence electrons. The Morgan fingerprint density at radius 2 is 2.15 bits per heavy atom. The SMILES string of the molecule is CC(C)(C)NC(=O)OC(F)Cc1cccc([N+](=O)[O-])c1. The lowest BCUT2D eigenvalue weighted by Crippen LogP contribution is -2.42. The number of alkyl carbamates (subject to hydrolysis) is 1. The van der Waals surface area contributed by atoms with Crippen LogP contribution in [0.2, 0.25) is 0 Å². The molecule has 0 aromatic heterocycles. The van der Waals surface area contributed by atoms with E-state index >= 15 is 0 Å². The maximum Gasteiger partial charge on any atom is 0.410 e. The van der Waals surface area contributed by atoms with Gasteiger partial charge in [0.05, 0.1) is 4.92 Å². The van der Waals surface area contributed by atoms with Gasteiger partial charge in [-0.15, -0.1) is 0 Å². The minimum Gasteiger partial charge on any atom is -0.415 e. The number of nitro benzene ring substituents is 1. The highest BCUT2D eigenvalue weighted by Crippen LogP contribution is 2.16. The van der Waals surface area contributed by atoms with Gasteiger partial charge < -0.3 is 10.1 Å². The molecule has 0 aliphatic rings. The summed E-state index contributed by atoms with van der Waals surface area (Å²) in [6.07, 6.45) is -2.96. The molecule has 0 spiro atoms. The second-order valence-corrected chi connectivity index (χ2v) is 5.32. The van der Waals surface area contributed by atoms with Gasteiger partial charge in [0.1, 0.15) is 0 Å². The van der Waals surface area contributed by atoms with Gasteiger partial charge in [-0.2, -0.15) is 0 Å². The number of alkyl halides is 1. The fourth-order valence-corrected chi connectivity index (χ4v) is 1.48. The number of halogens is 1. The van der Waals surface area contributed by atoms with Crippen LogP contribution < -0.4 is 5.32 Å². The topological polar surface area (TPSA) is 81.5 Å². The summed E-state index contributed by atoms with van der Waals surface area (Å²) in [5.41, 5.74) is -0.272. The van der Waals surface area contributed by atoms with Crippen molar-refractivity contribution in [1.82, 2.24) is 5.32 Å². The Kier molecular flexibility index (Phi) is 5.01. The van der Waals surface area contributed by atoms with E-state index in [0.717, 1.165) is 0 Å². The number of nitrogens with one attached hydrogen (secondary N) is 1. The van der Waals surface area contributed by atoms with Crippen molar-refractivity contribution in [2.45, 2.75) is 39.1 Å². The number of carbonyl (C=O) groups is 1. The third-order valence-corrected chi connectivity index (χ3v) is 2.23. The number of nitrogens with zero attached hydrogens (tertiary/aromatic N) is 1. The normalized spacial score (nSPS) is 12.6. The summed E-state index contributed by atoms with van der Waals surface area (Å²) in [4.78, 5) is 21.4. The van der Waals surface area contributed by atoms with Crippen LogP contribution in [0.4, 0.5) is 14.9 Å². The lowest BCUT2D eigenvalue weighted by Gasteiger charge is -2.20. The van der Waals surface area contributed by atoms with E-state index in [1.807, 2.05) is 0 Å². The number of benzene rings is 1.